The molecule has 0 unspecified atom stereocenters. The Morgan fingerprint density at radius 1 is 0.700 bits per heavy atom. The first-order chi connectivity index (χ1) is 14.7. The van der Waals surface area contributed by atoms with E-state index in [2.05, 4.69) is 120 Å². The van der Waals surface area contributed by atoms with E-state index in [1.807, 2.05) is 0 Å². The first kappa shape index (κ1) is 18.6. The molecule has 0 radical (unpaired) electrons. The zero-order valence-electron chi connectivity index (χ0n) is 17.6. The molecule has 30 heavy (non-hydrogen) atoms. The van der Waals surface area contributed by atoms with Crippen molar-refractivity contribution in [2.24, 2.45) is 0 Å². The number of hydrogen-bond donors (Lipinski definition) is 0. The van der Waals surface area contributed by atoms with Crippen LogP contribution in [0.1, 0.15) is 36.7 Å². The fourth-order valence-electron chi connectivity index (χ4n) is 4.48. The molecule has 4 aromatic carbocycles. The van der Waals surface area contributed by atoms with Gasteiger partial charge >= 0.3 is 0 Å². The highest BCUT2D eigenvalue weighted by Crippen LogP contribution is 2.20. The van der Waals surface area contributed by atoms with Crippen LogP contribution < -0.4 is 4.57 Å². The van der Waals surface area contributed by atoms with Gasteiger partial charge < -0.3 is 0 Å². The van der Waals surface area contributed by atoms with Crippen molar-refractivity contribution >= 4 is 21.5 Å². The summed E-state index contributed by atoms with van der Waals surface area (Å²) in [6, 6.07) is 30.7. The Hall–Kier alpha value is -3.39. The number of benzene rings is 4. The molecule has 0 N–H and O–H groups in total. The second-order valence-corrected chi connectivity index (χ2v) is 8.43. The Labute approximate surface area is 178 Å². The van der Waals surface area contributed by atoms with Crippen molar-refractivity contribution in [2.75, 3.05) is 0 Å². The molecule has 5 aromatic rings. The van der Waals surface area contributed by atoms with E-state index < -0.39 is 0 Å². The lowest BCUT2D eigenvalue weighted by atomic mass is 10.1. The fourth-order valence-corrected chi connectivity index (χ4v) is 4.48. The summed E-state index contributed by atoms with van der Waals surface area (Å²) in [7, 11) is 0. The maximum Gasteiger partial charge on any atom is 0.259 e. The summed E-state index contributed by atoms with van der Waals surface area (Å²) in [5.41, 5.74) is 2.67. The van der Waals surface area contributed by atoms with Crippen molar-refractivity contribution in [2.45, 2.75) is 32.9 Å². The number of imidazole rings is 1. The van der Waals surface area contributed by atoms with Gasteiger partial charge in [-0.3, -0.25) is 0 Å². The van der Waals surface area contributed by atoms with Crippen molar-refractivity contribution in [1.82, 2.24) is 4.57 Å². The van der Waals surface area contributed by atoms with E-state index in [-0.39, 0.29) is 0 Å². The van der Waals surface area contributed by atoms with Crippen molar-refractivity contribution < 1.29 is 4.57 Å². The minimum absolute atomic E-state index is 0.445. The van der Waals surface area contributed by atoms with Crippen molar-refractivity contribution in [3.8, 4) is 0 Å². The van der Waals surface area contributed by atoms with Gasteiger partial charge in [-0.25, -0.2) is 9.13 Å². The number of hydrogen-bond acceptors (Lipinski definition) is 0. The first-order valence-corrected chi connectivity index (χ1v) is 10.7. The van der Waals surface area contributed by atoms with E-state index in [1.54, 1.807) is 0 Å². The number of fused-ring (bicyclic) bond motifs is 2. The Bertz CT molecular complexity index is 1230. The Morgan fingerprint density at radius 2 is 1.27 bits per heavy atom. The highest BCUT2D eigenvalue weighted by atomic mass is 15.2. The van der Waals surface area contributed by atoms with Crippen LogP contribution in [0.5, 0.6) is 0 Å². The fraction of sp³-hybridized carbons (Fsp3) is 0.179. The molecule has 0 saturated carbocycles. The molecule has 2 heteroatoms. The molecule has 0 aliphatic rings. The molecular formula is C28H27N2+. The molecule has 1 aromatic heterocycles. The van der Waals surface area contributed by atoms with Gasteiger partial charge in [-0.2, -0.15) is 0 Å². The van der Waals surface area contributed by atoms with Gasteiger partial charge in [0.1, 0.15) is 25.5 Å². The van der Waals surface area contributed by atoms with Gasteiger partial charge in [0.05, 0.1) is 5.92 Å². The average molecular weight is 392 g/mol. The number of rotatable bonds is 5. The average Bonchev–Trinajstić information content (AvgIpc) is 3.15. The molecule has 5 rings (SSSR count). The Morgan fingerprint density at radius 3 is 1.90 bits per heavy atom. The van der Waals surface area contributed by atoms with Gasteiger partial charge in [-0.05, 0) is 44.8 Å². The molecule has 0 saturated heterocycles. The Balaban J connectivity index is 1.46. The first-order valence-electron chi connectivity index (χ1n) is 10.7. The normalized spacial score (nSPS) is 11.6. The summed E-state index contributed by atoms with van der Waals surface area (Å²) < 4.78 is 4.80. The lowest BCUT2D eigenvalue weighted by Crippen LogP contribution is -2.38. The lowest BCUT2D eigenvalue weighted by molar-refractivity contribution is -0.696. The van der Waals surface area contributed by atoms with E-state index in [0.29, 0.717) is 5.92 Å². The molecule has 0 bridgehead atoms. The van der Waals surface area contributed by atoms with Gasteiger partial charge in [-0.15, -0.1) is 0 Å². The maximum absolute atomic E-state index is 2.40. The topological polar surface area (TPSA) is 8.81 Å². The number of aromatic nitrogens is 2. The van der Waals surface area contributed by atoms with E-state index in [4.69, 9.17) is 0 Å². The van der Waals surface area contributed by atoms with Crippen LogP contribution in [0.15, 0.2) is 97.3 Å². The van der Waals surface area contributed by atoms with E-state index in [9.17, 15) is 0 Å². The summed E-state index contributed by atoms with van der Waals surface area (Å²) in [4.78, 5) is 0. The van der Waals surface area contributed by atoms with E-state index in [1.165, 1.54) is 38.5 Å². The smallest absolute Gasteiger partial charge is 0.230 e. The molecule has 0 spiro atoms. The van der Waals surface area contributed by atoms with Gasteiger partial charge in [0.25, 0.3) is 5.82 Å². The van der Waals surface area contributed by atoms with Crippen LogP contribution in [0.25, 0.3) is 21.5 Å². The highest BCUT2D eigenvalue weighted by Gasteiger charge is 2.21. The van der Waals surface area contributed by atoms with Crippen LogP contribution in [0, 0.1) is 0 Å². The second-order valence-electron chi connectivity index (χ2n) is 8.43. The largest absolute Gasteiger partial charge is 0.259 e. The Kier molecular flexibility index (Phi) is 4.84. The molecule has 148 valence electrons. The molecule has 1 heterocycles. The zero-order chi connectivity index (χ0) is 20.5. The molecule has 0 amide bonds. The quantitative estimate of drug-likeness (QED) is 0.311. The standard InChI is InChI=1S/C28H27N2/c1-21(2)28-29(19-22-11-13-24-7-3-5-9-26(24)17-22)15-16-30(28)20-23-12-14-25-8-4-6-10-27(25)18-23/h3-18,21H,19-20H2,1-2H3/q+1. The summed E-state index contributed by atoms with van der Waals surface area (Å²) in [6.45, 7) is 6.35. The number of nitrogens with zero attached hydrogens (tertiary/aromatic N) is 2. The highest BCUT2D eigenvalue weighted by molar-refractivity contribution is 5.83. The minimum Gasteiger partial charge on any atom is -0.230 e. The molecular weight excluding hydrogens is 364 g/mol. The van der Waals surface area contributed by atoms with Gasteiger partial charge in [-0.1, -0.05) is 86.6 Å². The van der Waals surface area contributed by atoms with Crippen LogP contribution in [-0.2, 0) is 13.1 Å². The van der Waals surface area contributed by atoms with Gasteiger partial charge in [0, 0.05) is 0 Å². The molecule has 0 atom stereocenters. The van der Waals surface area contributed by atoms with Crippen molar-refractivity contribution in [3.05, 3.63) is 114 Å². The lowest BCUT2D eigenvalue weighted by Gasteiger charge is -2.09. The monoisotopic (exact) mass is 391 g/mol. The summed E-state index contributed by atoms with van der Waals surface area (Å²) in [6.07, 6.45) is 4.46. The van der Waals surface area contributed by atoms with E-state index in [0.717, 1.165) is 13.1 Å². The predicted octanol–water partition coefficient (Wildman–Crippen LogP) is 6.30. The predicted molar refractivity (Wildman–Crippen MR) is 125 cm³/mol. The van der Waals surface area contributed by atoms with Crippen LogP contribution in [0.4, 0.5) is 0 Å². The van der Waals surface area contributed by atoms with Crippen LogP contribution >= 0.6 is 0 Å². The van der Waals surface area contributed by atoms with Crippen LogP contribution in [0.2, 0.25) is 0 Å². The zero-order valence-corrected chi connectivity index (χ0v) is 17.6. The summed E-state index contributed by atoms with van der Waals surface area (Å²) >= 11 is 0. The molecule has 0 aliphatic carbocycles. The summed E-state index contributed by atoms with van der Waals surface area (Å²) in [5.74, 6) is 1.80. The maximum atomic E-state index is 2.40. The van der Waals surface area contributed by atoms with Crippen LogP contribution in [-0.4, -0.2) is 4.57 Å². The molecule has 2 nitrogen and oxygen atoms in total. The molecule has 0 fully saturated rings. The summed E-state index contributed by atoms with van der Waals surface area (Å²) in [5, 5.41) is 5.20. The SMILES string of the molecule is CC(C)c1n(Cc2ccc3ccccc3c2)cc[n+]1Cc1ccc2ccccc2c1. The molecule has 0 aliphatic heterocycles. The third-order valence-corrected chi connectivity index (χ3v) is 5.87. The third kappa shape index (κ3) is 3.61. The van der Waals surface area contributed by atoms with Gasteiger partial charge in [0.2, 0.25) is 0 Å². The van der Waals surface area contributed by atoms with Gasteiger partial charge in [0.15, 0.2) is 0 Å². The van der Waals surface area contributed by atoms with Crippen molar-refractivity contribution in [1.29, 1.82) is 0 Å². The second kappa shape index (κ2) is 7.79. The third-order valence-electron chi connectivity index (χ3n) is 5.87. The minimum atomic E-state index is 0.445. The van der Waals surface area contributed by atoms with Crippen LogP contribution in [0.3, 0.4) is 0 Å². The van der Waals surface area contributed by atoms with Crippen molar-refractivity contribution in [3.63, 3.8) is 0 Å². The van der Waals surface area contributed by atoms with E-state index >= 15 is 0 Å².